The third-order valence-corrected chi connectivity index (χ3v) is 24.0. The minimum atomic E-state index is -3.19. The van der Waals surface area contributed by atoms with E-state index in [1.165, 1.54) is 85.0 Å². The van der Waals surface area contributed by atoms with E-state index in [4.69, 9.17) is 39.5 Å². The second-order valence-electron chi connectivity index (χ2n) is 49.5. The smallest absolute Gasteiger partial charge is 0.236 e. The van der Waals surface area contributed by atoms with Gasteiger partial charge in [-0.3, -0.25) is 9.98 Å². The normalized spacial score (nSPS) is 11.8. The van der Waals surface area contributed by atoms with Crippen molar-refractivity contribution in [2.45, 2.75) is 399 Å². The van der Waals surface area contributed by atoms with Crippen LogP contribution in [0.15, 0.2) is 273 Å². The Balaban J connectivity index is -0.000000491. The summed E-state index contributed by atoms with van der Waals surface area (Å²) in [6, 6.07) is 69.1. The Hall–Kier alpha value is -9.50. The quantitative estimate of drug-likeness (QED) is 0.169. The zero-order chi connectivity index (χ0) is 109. The lowest BCUT2D eigenvalue weighted by Crippen LogP contribution is -2.16. The number of rotatable bonds is 2. The Morgan fingerprint density at radius 2 is 0.760 bits per heavy atom. The van der Waals surface area contributed by atoms with Crippen LogP contribution >= 0.6 is 34.8 Å². The molecule has 5 heterocycles. The van der Waals surface area contributed by atoms with Crippen molar-refractivity contribution in [1.29, 1.82) is 0 Å². The first kappa shape index (κ1) is 145. The highest BCUT2D eigenvalue weighted by atomic mass is 35.5. The zero-order valence-corrected chi connectivity index (χ0v) is 98.9. The Morgan fingerprint density at radius 1 is 0.356 bits per heavy atom. The Bertz CT molecular complexity index is 5480. The van der Waals surface area contributed by atoms with Gasteiger partial charge < -0.3 is 13.9 Å². The molecular formula is C130H204Cl3FN8O3S. The van der Waals surface area contributed by atoms with Gasteiger partial charge in [0.2, 0.25) is 10.0 Å². The van der Waals surface area contributed by atoms with Crippen molar-refractivity contribution in [3.8, 4) is 5.75 Å². The van der Waals surface area contributed by atoms with Crippen molar-refractivity contribution < 1.29 is 17.5 Å². The van der Waals surface area contributed by atoms with Crippen LogP contribution in [0.5, 0.6) is 5.75 Å². The molecule has 0 atom stereocenters. The van der Waals surface area contributed by atoms with Crippen molar-refractivity contribution in [1.82, 2.24) is 33.0 Å². The Kier molecular flexibility index (Phi) is 62.4. The molecule has 1 aliphatic rings. The predicted octanol–water partition coefficient (Wildman–Crippen LogP) is 39.3. The highest BCUT2D eigenvalue weighted by molar-refractivity contribution is 7.89. The van der Waals surface area contributed by atoms with Crippen LogP contribution in [0.2, 0.25) is 15.1 Å². The summed E-state index contributed by atoms with van der Waals surface area (Å²) < 4.78 is 45.3. The number of imidazole rings is 3. The lowest BCUT2D eigenvalue weighted by Gasteiger charge is -2.21. The van der Waals surface area contributed by atoms with Crippen molar-refractivity contribution in [3.63, 3.8) is 0 Å². The molecule has 0 bridgehead atoms. The van der Waals surface area contributed by atoms with Crippen molar-refractivity contribution in [2.75, 3.05) is 13.4 Å². The topological polar surface area (TPSA) is 122 Å². The van der Waals surface area contributed by atoms with E-state index in [2.05, 4.69) is 425 Å². The lowest BCUT2D eigenvalue weighted by atomic mass is 9.84. The molecule has 0 radical (unpaired) electrons. The average Bonchev–Trinajstić information content (AvgIpc) is 1.70. The van der Waals surface area contributed by atoms with Gasteiger partial charge in [-0.1, -0.05) is 505 Å². The molecule has 0 amide bonds. The summed E-state index contributed by atoms with van der Waals surface area (Å²) in [6.07, 6.45) is 20.5. The number of benzene rings is 8. The summed E-state index contributed by atoms with van der Waals surface area (Å²) >= 11 is 17.6. The first-order valence-corrected chi connectivity index (χ1v) is 52.2. The van der Waals surface area contributed by atoms with E-state index in [1.807, 2.05) is 145 Å². The van der Waals surface area contributed by atoms with Gasteiger partial charge in [-0.05, 0) is 186 Å². The van der Waals surface area contributed by atoms with Crippen LogP contribution < -0.4 is 4.74 Å². The van der Waals surface area contributed by atoms with Gasteiger partial charge in [-0.25, -0.2) is 31.7 Å². The van der Waals surface area contributed by atoms with Crippen molar-refractivity contribution in [2.24, 2.45) is 24.5 Å². The molecule has 0 unspecified atom stereocenters. The second kappa shape index (κ2) is 62.8. The van der Waals surface area contributed by atoms with Crippen molar-refractivity contribution >= 4 is 51.0 Å². The maximum Gasteiger partial charge on any atom is 0.236 e. The number of aliphatic imine (C=N–C) groups is 1. The third kappa shape index (κ3) is 58.5. The van der Waals surface area contributed by atoms with Gasteiger partial charge >= 0.3 is 0 Å². The molecule has 0 saturated heterocycles. The fourth-order valence-electron chi connectivity index (χ4n) is 13.3. The summed E-state index contributed by atoms with van der Waals surface area (Å²) in [5.74, 6) is 1.91. The molecule has 12 aromatic rings. The number of ether oxygens (including phenoxy) is 1. The number of hydrogen-bond acceptors (Lipinski definition) is 8. The third-order valence-electron chi connectivity index (χ3n) is 22.2. The highest BCUT2D eigenvalue weighted by Crippen LogP contribution is 2.34. The molecule has 1 aliphatic heterocycles. The molecule has 0 aliphatic carbocycles. The lowest BCUT2D eigenvalue weighted by molar-refractivity contribution is 0.412. The summed E-state index contributed by atoms with van der Waals surface area (Å²) in [4.78, 5) is 20.6. The van der Waals surface area contributed by atoms with Gasteiger partial charge in [0.25, 0.3) is 0 Å². The van der Waals surface area contributed by atoms with Crippen LogP contribution in [0.3, 0.4) is 0 Å². The summed E-state index contributed by atoms with van der Waals surface area (Å²) in [7, 11) is 2.55. The monoisotopic (exact) mass is 2080 g/mol. The number of aromatic nitrogens is 7. The molecule has 13 rings (SSSR count). The number of pyridine rings is 1. The predicted molar refractivity (Wildman–Crippen MR) is 649 cm³/mol. The maximum absolute atomic E-state index is 12.7. The van der Waals surface area contributed by atoms with E-state index < -0.39 is 10.0 Å². The number of nitrogens with zero attached hydrogens (tertiary/aromatic N) is 8. The molecule has 0 N–H and O–H groups in total. The number of allylic oxidation sites excluding steroid dienone is 2. The molecule has 816 valence electrons. The highest BCUT2D eigenvalue weighted by Gasteiger charge is 2.25. The number of methoxy groups -OCH3 is 1. The first-order chi connectivity index (χ1) is 64.0. The van der Waals surface area contributed by atoms with Crippen LogP contribution in [0, 0.1) is 32.0 Å². The molecule has 0 spiro atoms. The largest absolute Gasteiger partial charge is 0.497 e. The van der Waals surface area contributed by atoms with E-state index in [1.54, 1.807) is 31.6 Å². The molecule has 146 heavy (non-hydrogen) atoms. The number of hydrogen-bond donors (Lipinski definition) is 0. The van der Waals surface area contributed by atoms with Gasteiger partial charge in [0.15, 0.2) is 0 Å². The minimum Gasteiger partial charge on any atom is -0.497 e. The molecule has 4 aromatic heterocycles. The fraction of sp³-hybridized carbons (Fsp3) is 0.500. The van der Waals surface area contributed by atoms with Crippen molar-refractivity contribution in [3.05, 3.63) is 373 Å². The fourth-order valence-corrected chi connectivity index (χ4v) is 14.5. The second-order valence-corrected chi connectivity index (χ2v) is 52.7. The van der Waals surface area contributed by atoms with E-state index in [0.29, 0.717) is 0 Å². The summed E-state index contributed by atoms with van der Waals surface area (Å²) in [5, 5.41) is 2.48. The minimum absolute atomic E-state index is 0. The maximum atomic E-state index is 12.7. The standard InChI is InChI=1S/C11H16O.3C11H16.3C10H13Cl.C10H13F.C9H13N.C8H14N2O2S.2C8H14N2.C8H13N.5CH4/c1-11(2,3)9-6-5-7-10(8-9)12-4;2*1-9-5-7-10(8-6-9)11(2,3)4;1-9-7-5-6-8-10(9)11(2,3)4;1-10(2,3)8-4-6-9(11)7-5-8;1-10(2,3)8-5-4-6-9(11)7-8;1-10(2,3)8-6-4-5-7-9(8)11;1-10(2,3)8-5-4-6-9(11)7-8;1-9(2,3)8-5-4-6-10-7-8;1-8(2,3)7-5-10(6-9-7)13(4,11)12;1-8(2,3)7-5-9-6-10(7)4;1-8(2,3)7-9-5-6-10(7)4;1-8(2,3)7-5-4-6-9-7;;;;;/h5-8H,1-4H3;3*5-8H,1-4H3;4*4-7H,1-3H3;4-7H,1-3H3;5-6H,1-4H3;2*5-6H,1-4H3;5-6H,4H2,1-3H3;5*1H4. The van der Waals surface area contributed by atoms with Gasteiger partial charge in [0, 0.05) is 112 Å². The molecule has 8 aromatic carbocycles. The van der Waals surface area contributed by atoms with E-state index in [0.717, 1.165) is 54.5 Å². The van der Waals surface area contributed by atoms with Crippen LogP contribution in [0.4, 0.5) is 4.39 Å². The van der Waals surface area contributed by atoms with Gasteiger partial charge in [-0.2, -0.15) is 0 Å². The SMILES string of the molecule is C.C.C.C.C.CC(C)(C)C1=CCC=N1.CC(C)(C)c1ccc(Cl)cc1.CC(C)(C)c1cccc(Cl)c1.CC(C)(C)c1cccc(F)c1.CC(C)(C)c1ccccc1Cl.CC(C)(C)c1cccnc1.CC(C)(C)c1cn(S(C)(=O)=O)cn1.COc1cccc(C(C)(C)C)c1.Cc1ccc(C(C)(C)C)cc1.Cc1ccc(C(C)(C)C)cc1.Cc1ccccc1C(C)(C)C.Cn1ccnc1C(C)(C)C.Cn1cncc1C(C)(C)C. The molecule has 11 nitrogen and oxygen atoms in total. The summed E-state index contributed by atoms with van der Waals surface area (Å²) in [5.41, 5.74) is 21.4. The van der Waals surface area contributed by atoms with Crippen LogP contribution in [-0.2, 0) is 89.1 Å². The van der Waals surface area contributed by atoms with Crippen LogP contribution in [0.1, 0.15) is 398 Å². The van der Waals surface area contributed by atoms with Crippen LogP contribution in [-0.4, -0.2) is 61.0 Å². The van der Waals surface area contributed by atoms with Gasteiger partial charge in [0.05, 0.1) is 25.4 Å². The Morgan fingerprint density at radius 3 is 1.02 bits per heavy atom. The average molecular weight is 2080 g/mol. The molecular weight excluding hydrogens is 1880 g/mol. The van der Waals surface area contributed by atoms with Gasteiger partial charge in [0.1, 0.15) is 23.7 Å². The van der Waals surface area contributed by atoms with Gasteiger partial charge in [-0.15, -0.1) is 0 Å². The van der Waals surface area contributed by atoms with Crippen LogP contribution in [0.25, 0.3) is 0 Å². The molecule has 0 fully saturated rings. The van der Waals surface area contributed by atoms with E-state index >= 15 is 0 Å². The first-order valence-electron chi connectivity index (χ1n) is 49.2. The molecule has 16 heteroatoms. The van der Waals surface area contributed by atoms with E-state index in [9.17, 15) is 12.8 Å². The molecule has 0 saturated carbocycles. The number of aryl methyl sites for hydroxylation is 5. The number of halogens is 4. The zero-order valence-electron chi connectivity index (χ0n) is 95.8. The van der Waals surface area contributed by atoms with E-state index in [-0.39, 0.29) is 113 Å². The summed E-state index contributed by atoms with van der Waals surface area (Å²) in [6.45, 7) is 91.0. The Labute approximate surface area is 910 Å².